The number of rotatable bonds is 5. The van der Waals surface area contributed by atoms with Crippen molar-refractivity contribution in [1.82, 2.24) is 5.32 Å². The summed E-state index contributed by atoms with van der Waals surface area (Å²) in [5.74, 6) is -0.379. The van der Waals surface area contributed by atoms with Crippen LogP contribution in [0.4, 0.5) is 8.78 Å². The molecule has 16 heavy (non-hydrogen) atoms. The van der Waals surface area contributed by atoms with E-state index in [2.05, 4.69) is 5.32 Å². The number of hydrogen-bond acceptors (Lipinski definition) is 2. The highest BCUT2D eigenvalue weighted by molar-refractivity contribution is 5.22. The van der Waals surface area contributed by atoms with Crippen molar-refractivity contribution in [3.8, 4) is 0 Å². The zero-order valence-corrected chi connectivity index (χ0v) is 9.05. The van der Waals surface area contributed by atoms with Crippen LogP contribution in [0.15, 0.2) is 18.2 Å². The van der Waals surface area contributed by atoms with Gasteiger partial charge in [-0.3, -0.25) is 0 Å². The summed E-state index contributed by atoms with van der Waals surface area (Å²) in [6.45, 7) is 1.17. The predicted octanol–water partition coefficient (Wildman–Crippen LogP) is 1.96. The van der Waals surface area contributed by atoms with Crippen molar-refractivity contribution in [2.75, 3.05) is 13.1 Å². The molecule has 3 N–H and O–H groups in total. The van der Waals surface area contributed by atoms with Gasteiger partial charge in [0.05, 0.1) is 0 Å². The van der Waals surface area contributed by atoms with E-state index in [4.69, 9.17) is 5.73 Å². The first-order chi connectivity index (χ1) is 7.70. The van der Waals surface area contributed by atoms with Gasteiger partial charge in [-0.1, -0.05) is 6.07 Å². The Balaban J connectivity index is 2.05. The molecule has 1 aromatic rings. The summed E-state index contributed by atoms with van der Waals surface area (Å²) in [5.41, 5.74) is 6.04. The second-order valence-corrected chi connectivity index (χ2v) is 4.31. The van der Waals surface area contributed by atoms with Crippen molar-refractivity contribution in [3.63, 3.8) is 0 Å². The maximum atomic E-state index is 13.5. The highest BCUT2D eigenvalue weighted by atomic mass is 19.1. The Bertz CT molecular complexity index is 364. The molecular formula is C12H16F2N2. The van der Waals surface area contributed by atoms with Gasteiger partial charge >= 0.3 is 0 Å². The third-order valence-corrected chi connectivity index (χ3v) is 2.92. The maximum Gasteiger partial charge on any atom is 0.130 e. The monoisotopic (exact) mass is 226 g/mol. The molecule has 1 atom stereocenters. The van der Waals surface area contributed by atoms with E-state index in [0.717, 1.165) is 12.6 Å². The summed E-state index contributed by atoms with van der Waals surface area (Å²) in [5, 5.41) is 3.22. The lowest BCUT2D eigenvalue weighted by Gasteiger charge is -2.17. The molecule has 0 aliphatic heterocycles. The van der Waals surface area contributed by atoms with Crippen LogP contribution in [0.2, 0.25) is 0 Å². The van der Waals surface area contributed by atoms with Crippen LogP contribution in [0.5, 0.6) is 0 Å². The largest absolute Gasteiger partial charge is 0.329 e. The molecule has 1 aliphatic carbocycles. The lowest BCUT2D eigenvalue weighted by Crippen LogP contribution is -2.30. The van der Waals surface area contributed by atoms with Gasteiger partial charge in [0.2, 0.25) is 0 Å². The molecule has 0 aromatic heterocycles. The molecule has 0 amide bonds. The molecule has 1 unspecified atom stereocenters. The Morgan fingerprint density at radius 2 is 2.12 bits per heavy atom. The SMILES string of the molecule is NCC(NCC1CC1)c1ccc(F)cc1F. The van der Waals surface area contributed by atoms with E-state index in [1.165, 1.54) is 25.0 Å². The number of halogens is 2. The van der Waals surface area contributed by atoms with Gasteiger partial charge in [0, 0.05) is 24.2 Å². The number of nitrogens with two attached hydrogens (primary N) is 1. The van der Waals surface area contributed by atoms with E-state index in [1.807, 2.05) is 0 Å². The third-order valence-electron chi connectivity index (χ3n) is 2.92. The Morgan fingerprint density at radius 3 is 2.69 bits per heavy atom. The van der Waals surface area contributed by atoms with E-state index in [9.17, 15) is 8.78 Å². The standard InChI is InChI=1S/C12H16F2N2/c13-9-3-4-10(11(14)5-9)12(6-15)16-7-8-1-2-8/h3-5,8,12,16H,1-2,6-7,15H2. The van der Waals surface area contributed by atoms with Crippen LogP contribution in [0.25, 0.3) is 0 Å². The summed E-state index contributed by atoms with van der Waals surface area (Å²) >= 11 is 0. The number of benzene rings is 1. The molecule has 1 aromatic carbocycles. The highest BCUT2D eigenvalue weighted by Crippen LogP contribution is 2.28. The van der Waals surface area contributed by atoms with Gasteiger partial charge in [0.25, 0.3) is 0 Å². The fourth-order valence-electron chi connectivity index (χ4n) is 1.74. The van der Waals surface area contributed by atoms with E-state index in [1.54, 1.807) is 0 Å². The summed E-state index contributed by atoms with van der Waals surface area (Å²) < 4.78 is 26.2. The molecule has 2 nitrogen and oxygen atoms in total. The second kappa shape index (κ2) is 4.89. The van der Waals surface area contributed by atoms with Crippen LogP contribution >= 0.6 is 0 Å². The summed E-state index contributed by atoms with van der Waals surface area (Å²) in [6, 6.07) is 3.40. The van der Waals surface area contributed by atoms with Crippen LogP contribution in [0, 0.1) is 17.6 Å². The molecular weight excluding hydrogens is 210 g/mol. The topological polar surface area (TPSA) is 38.0 Å². The zero-order chi connectivity index (χ0) is 11.5. The van der Waals surface area contributed by atoms with E-state index in [0.29, 0.717) is 18.0 Å². The van der Waals surface area contributed by atoms with Crippen molar-refractivity contribution in [3.05, 3.63) is 35.4 Å². The minimum atomic E-state index is -0.556. The molecule has 0 radical (unpaired) electrons. The predicted molar refractivity (Wildman–Crippen MR) is 58.9 cm³/mol. The fourth-order valence-corrected chi connectivity index (χ4v) is 1.74. The quantitative estimate of drug-likeness (QED) is 0.805. The third kappa shape index (κ3) is 2.77. The lowest BCUT2D eigenvalue weighted by atomic mass is 10.1. The zero-order valence-electron chi connectivity index (χ0n) is 9.05. The van der Waals surface area contributed by atoms with Gasteiger partial charge in [-0.2, -0.15) is 0 Å². The molecule has 0 heterocycles. The molecule has 2 rings (SSSR count). The van der Waals surface area contributed by atoms with E-state index < -0.39 is 11.6 Å². The molecule has 0 spiro atoms. The Hall–Kier alpha value is -1.00. The molecule has 1 saturated carbocycles. The first-order valence-electron chi connectivity index (χ1n) is 5.59. The molecule has 0 saturated heterocycles. The average molecular weight is 226 g/mol. The van der Waals surface area contributed by atoms with Gasteiger partial charge in [0.1, 0.15) is 11.6 Å². The highest BCUT2D eigenvalue weighted by Gasteiger charge is 2.23. The van der Waals surface area contributed by atoms with Crippen LogP contribution in [-0.4, -0.2) is 13.1 Å². The van der Waals surface area contributed by atoms with E-state index in [-0.39, 0.29) is 6.04 Å². The second-order valence-electron chi connectivity index (χ2n) is 4.31. The molecule has 1 aliphatic rings. The van der Waals surface area contributed by atoms with Crippen molar-refractivity contribution in [2.45, 2.75) is 18.9 Å². The minimum Gasteiger partial charge on any atom is -0.329 e. The van der Waals surface area contributed by atoms with Crippen LogP contribution in [-0.2, 0) is 0 Å². The molecule has 0 bridgehead atoms. The van der Waals surface area contributed by atoms with Crippen molar-refractivity contribution >= 4 is 0 Å². The Morgan fingerprint density at radius 1 is 1.38 bits per heavy atom. The maximum absolute atomic E-state index is 13.5. The number of nitrogens with one attached hydrogen (secondary N) is 1. The fraction of sp³-hybridized carbons (Fsp3) is 0.500. The smallest absolute Gasteiger partial charge is 0.130 e. The van der Waals surface area contributed by atoms with Gasteiger partial charge in [-0.15, -0.1) is 0 Å². The van der Waals surface area contributed by atoms with Gasteiger partial charge in [0.15, 0.2) is 0 Å². The summed E-state index contributed by atoms with van der Waals surface area (Å²) in [6.07, 6.45) is 2.46. The van der Waals surface area contributed by atoms with Gasteiger partial charge in [-0.05, 0) is 31.4 Å². The number of hydrogen-bond donors (Lipinski definition) is 2. The van der Waals surface area contributed by atoms with Gasteiger partial charge < -0.3 is 11.1 Å². The van der Waals surface area contributed by atoms with Crippen LogP contribution in [0.1, 0.15) is 24.4 Å². The van der Waals surface area contributed by atoms with Gasteiger partial charge in [-0.25, -0.2) is 8.78 Å². The van der Waals surface area contributed by atoms with E-state index >= 15 is 0 Å². The minimum absolute atomic E-state index is 0.221. The Labute approximate surface area is 93.8 Å². The Kier molecular flexibility index (Phi) is 3.51. The lowest BCUT2D eigenvalue weighted by molar-refractivity contribution is 0.488. The first-order valence-corrected chi connectivity index (χ1v) is 5.59. The van der Waals surface area contributed by atoms with Crippen LogP contribution < -0.4 is 11.1 Å². The molecule has 1 fully saturated rings. The average Bonchev–Trinajstić information content (AvgIpc) is 3.05. The van der Waals surface area contributed by atoms with Crippen LogP contribution in [0.3, 0.4) is 0 Å². The van der Waals surface area contributed by atoms with Crippen molar-refractivity contribution in [1.29, 1.82) is 0 Å². The summed E-state index contributed by atoms with van der Waals surface area (Å²) in [7, 11) is 0. The van der Waals surface area contributed by atoms with Crippen molar-refractivity contribution in [2.24, 2.45) is 11.7 Å². The first kappa shape index (κ1) is 11.5. The normalized spacial score (nSPS) is 17.4. The molecule has 88 valence electrons. The molecule has 4 heteroatoms. The summed E-state index contributed by atoms with van der Waals surface area (Å²) in [4.78, 5) is 0. The van der Waals surface area contributed by atoms with Crippen molar-refractivity contribution < 1.29 is 8.78 Å².